The predicted octanol–water partition coefficient (Wildman–Crippen LogP) is 4.32. The highest BCUT2D eigenvalue weighted by Gasteiger charge is 2.18. The number of nitrogens with zero attached hydrogens (tertiary/aromatic N) is 1. The molecule has 0 unspecified atom stereocenters. The minimum atomic E-state index is -0.558. The molecular weight excluding hydrogens is 282 g/mol. The van der Waals surface area contributed by atoms with E-state index in [4.69, 9.17) is 4.74 Å². The normalized spacial score (nSPS) is 10.0. The van der Waals surface area contributed by atoms with E-state index in [9.17, 15) is 14.9 Å². The molecule has 5 heteroatoms. The molecule has 0 bridgehead atoms. The lowest BCUT2D eigenvalue weighted by Crippen LogP contribution is -1.99. The molecule has 0 fully saturated rings. The number of nitro groups is 1. The second kappa shape index (κ2) is 6.67. The first-order chi connectivity index (χ1) is 10.5. The molecule has 0 heterocycles. The SMILES string of the molecule is C=CCc1ccccc1Oc1ccc(C(C)=O)cc1[N+](=O)[O-]. The third kappa shape index (κ3) is 3.38. The van der Waals surface area contributed by atoms with Gasteiger partial charge in [0, 0.05) is 11.6 Å². The Morgan fingerprint density at radius 3 is 2.64 bits per heavy atom. The number of hydrogen-bond acceptors (Lipinski definition) is 4. The highest BCUT2D eigenvalue weighted by Crippen LogP contribution is 2.34. The topological polar surface area (TPSA) is 69.4 Å². The molecule has 0 amide bonds. The molecule has 0 N–H and O–H groups in total. The Bertz CT molecular complexity index is 737. The van der Waals surface area contributed by atoms with Gasteiger partial charge in [-0.05, 0) is 37.1 Å². The van der Waals surface area contributed by atoms with Gasteiger partial charge in [-0.3, -0.25) is 14.9 Å². The predicted molar refractivity (Wildman–Crippen MR) is 83.5 cm³/mol. The molecule has 0 spiro atoms. The van der Waals surface area contributed by atoms with Crippen molar-refractivity contribution in [3.05, 3.63) is 76.4 Å². The molecule has 5 nitrogen and oxygen atoms in total. The van der Waals surface area contributed by atoms with Crippen LogP contribution in [0.4, 0.5) is 5.69 Å². The summed E-state index contributed by atoms with van der Waals surface area (Å²) in [6, 6.07) is 11.4. The van der Waals surface area contributed by atoms with E-state index in [1.165, 1.54) is 25.1 Å². The van der Waals surface area contributed by atoms with Crippen LogP contribution in [0, 0.1) is 10.1 Å². The monoisotopic (exact) mass is 297 g/mol. The molecule has 0 aromatic heterocycles. The molecule has 0 radical (unpaired) electrons. The van der Waals surface area contributed by atoms with Gasteiger partial charge in [-0.2, -0.15) is 0 Å². The third-order valence-electron chi connectivity index (χ3n) is 3.12. The molecule has 2 aromatic carbocycles. The Balaban J connectivity index is 2.43. The largest absolute Gasteiger partial charge is 0.450 e. The first-order valence-corrected chi connectivity index (χ1v) is 6.69. The van der Waals surface area contributed by atoms with Crippen molar-refractivity contribution in [3.63, 3.8) is 0 Å². The van der Waals surface area contributed by atoms with Crippen molar-refractivity contribution in [3.8, 4) is 11.5 Å². The van der Waals surface area contributed by atoms with Crippen LogP contribution >= 0.6 is 0 Å². The fourth-order valence-electron chi connectivity index (χ4n) is 2.01. The Morgan fingerprint density at radius 2 is 2.00 bits per heavy atom. The van der Waals surface area contributed by atoms with Crippen molar-refractivity contribution in [1.82, 2.24) is 0 Å². The molecule has 0 aliphatic carbocycles. The van der Waals surface area contributed by atoms with E-state index >= 15 is 0 Å². The number of ketones is 1. The van der Waals surface area contributed by atoms with E-state index in [1.807, 2.05) is 12.1 Å². The van der Waals surface area contributed by atoms with E-state index in [0.717, 1.165) is 5.56 Å². The highest BCUT2D eigenvalue weighted by molar-refractivity contribution is 5.95. The van der Waals surface area contributed by atoms with Gasteiger partial charge in [0.15, 0.2) is 5.78 Å². The molecule has 2 aromatic rings. The van der Waals surface area contributed by atoms with Crippen molar-refractivity contribution in [1.29, 1.82) is 0 Å². The number of nitro benzene ring substituents is 1. The maximum absolute atomic E-state index is 11.4. The average Bonchev–Trinajstić information content (AvgIpc) is 2.49. The molecule has 0 saturated carbocycles. The van der Waals surface area contributed by atoms with Crippen LogP contribution in [0.3, 0.4) is 0 Å². The van der Waals surface area contributed by atoms with Crippen molar-refractivity contribution in [2.45, 2.75) is 13.3 Å². The Hall–Kier alpha value is -2.95. The molecular formula is C17H15NO4. The van der Waals surface area contributed by atoms with Gasteiger partial charge >= 0.3 is 5.69 Å². The van der Waals surface area contributed by atoms with Gasteiger partial charge in [-0.25, -0.2) is 0 Å². The zero-order chi connectivity index (χ0) is 16.1. The van der Waals surface area contributed by atoms with E-state index in [0.29, 0.717) is 12.2 Å². The lowest BCUT2D eigenvalue weighted by Gasteiger charge is -2.10. The van der Waals surface area contributed by atoms with Gasteiger partial charge < -0.3 is 4.74 Å². The summed E-state index contributed by atoms with van der Waals surface area (Å²) in [5.74, 6) is 0.397. The van der Waals surface area contributed by atoms with Gasteiger partial charge in [0.25, 0.3) is 0 Å². The number of carbonyl (C=O) groups excluding carboxylic acids is 1. The molecule has 0 aliphatic heterocycles. The van der Waals surface area contributed by atoms with Gasteiger partial charge in [-0.1, -0.05) is 24.3 Å². The van der Waals surface area contributed by atoms with Crippen LogP contribution in [0.5, 0.6) is 11.5 Å². The van der Waals surface area contributed by atoms with Gasteiger partial charge in [0.05, 0.1) is 4.92 Å². The lowest BCUT2D eigenvalue weighted by molar-refractivity contribution is -0.385. The summed E-state index contributed by atoms with van der Waals surface area (Å²) in [5, 5.41) is 11.2. The van der Waals surface area contributed by atoms with Crippen molar-refractivity contribution >= 4 is 11.5 Å². The summed E-state index contributed by atoms with van der Waals surface area (Å²) >= 11 is 0. The number of carbonyl (C=O) groups is 1. The Labute approximate surface area is 128 Å². The standard InChI is InChI=1S/C17H15NO4/c1-3-6-13-7-4-5-8-16(13)22-17-10-9-14(12(2)19)11-15(17)18(20)21/h3-5,7-11H,1,6H2,2H3. The first kappa shape index (κ1) is 15.4. The summed E-state index contributed by atoms with van der Waals surface area (Å²) in [4.78, 5) is 22.0. The number of para-hydroxylation sites is 1. The Morgan fingerprint density at radius 1 is 1.27 bits per heavy atom. The molecule has 0 saturated heterocycles. The number of rotatable bonds is 6. The Kier molecular flexibility index (Phi) is 4.68. The van der Waals surface area contributed by atoms with Crippen LogP contribution in [-0.4, -0.2) is 10.7 Å². The van der Waals surface area contributed by atoms with Gasteiger partial charge in [-0.15, -0.1) is 6.58 Å². The number of allylic oxidation sites excluding steroid dienone is 1. The highest BCUT2D eigenvalue weighted by atomic mass is 16.6. The zero-order valence-electron chi connectivity index (χ0n) is 12.1. The van der Waals surface area contributed by atoms with E-state index < -0.39 is 4.92 Å². The minimum Gasteiger partial charge on any atom is -0.450 e. The van der Waals surface area contributed by atoms with Gasteiger partial charge in [0.1, 0.15) is 5.75 Å². The van der Waals surface area contributed by atoms with E-state index in [2.05, 4.69) is 6.58 Å². The van der Waals surface area contributed by atoms with Crippen LogP contribution < -0.4 is 4.74 Å². The number of ether oxygens (including phenoxy) is 1. The quantitative estimate of drug-likeness (QED) is 0.344. The maximum Gasteiger partial charge on any atom is 0.312 e. The number of hydrogen-bond donors (Lipinski definition) is 0. The van der Waals surface area contributed by atoms with Crippen LogP contribution in [0.1, 0.15) is 22.8 Å². The van der Waals surface area contributed by atoms with Crippen LogP contribution in [0.2, 0.25) is 0 Å². The van der Waals surface area contributed by atoms with Gasteiger partial charge in [0.2, 0.25) is 5.75 Å². The first-order valence-electron chi connectivity index (χ1n) is 6.69. The third-order valence-corrected chi connectivity index (χ3v) is 3.12. The van der Waals surface area contributed by atoms with Crippen molar-refractivity contribution in [2.24, 2.45) is 0 Å². The van der Waals surface area contributed by atoms with Crippen LogP contribution in [0.15, 0.2) is 55.1 Å². The van der Waals surface area contributed by atoms with Crippen molar-refractivity contribution < 1.29 is 14.5 Å². The summed E-state index contributed by atoms with van der Waals surface area (Å²) < 4.78 is 5.69. The fraction of sp³-hybridized carbons (Fsp3) is 0.118. The van der Waals surface area contributed by atoms with E-state index in [1.54, 1.807) is 18.2 Å². The number of Topliss-reactive ketones (excluding diaryl/α,β-unsaturated/α-hetero) is 1. The maximum atomic E-state index is 11.4. The molecule has 112 valence electrons. The van der Waals surface area contributed by atoms with Crippen molar-refractivity contribution in [2.75, 3.05) is 0 Å². The molecule has 0 aliphatic rings. The second-order valence-electron chi connectivity index (χ2n) is 4.70. The molecule has 2 rings (SSSR count). The summed E-state index contributed by atoms with van der Waals surface area (Å²) in [5.41, 5.74) is 0.918. The summed E-state index contributed by atoms with van der Waals surface area (Å²) in [6.07, 6.45) is 2.32. The van der Waals surface area contributed by atoms with E-state index in [-0.39, 0.29) is 22.8 Å². The molecule has 22 heavy (non-hydrogen) atoms. The van der Waals surface area contributed by atoms with Crippen LogP contribution in [0.25, 0.3) is 0 Å². The minimum absolute atomic E-state index is 0.103. The number of benzene rings is 2. The molecule has 0 atom stereocenters. The fourth-order valence-corrected chi connectivity index (χ4v) is 2.01. The summed E-state index contributed by atoms with van der Waals surface area (Å²) in [7, 11) is 0. The average molecular weight is 297 g/mol. The lowest BCUT2D eigenvalue weighted by atomic mass is 10.1. The smallest absolute Gasteiger partial charge is 0.312 e. The van der Waals surface area contributed by atoms with Crippen LogP contribution in [-0.2, 0) is 6.42 Å². The summed E-state index contributed by atoms with van der Waals surface area (Å²) in [6.45, 7) is 5.04. The zero-order valence-corrected chi connectivity index (χ0v) is 12.1. The second-order valence-corrected chi connectivity index (χ2v) is 4.70.